The Balaban J connectivity index is 2.81. The van der Waals surface area contributed by atoms with Crippen LogP contribution in [-0.4, -0.2) is 30.8 Å². The Hall–Kier alpha value is -1.07. The predicted molar refractivity (Wildman–Crippen MR) is 64.7 cm³/mol. The molecule has 0 aromatic heterocycles. The first-order valence-electron chi connectivity index (χ1n) is 4.83. The van der Waals surface area contributed by atoms with Crippen molar-refractivity contribution in [2.45, 2.75) is 13.0 Å². The summed E-state index contributed by atoms with van der Waals surface area (Å²) < 4.78 is 5.78. The second-order valence-corrected chi connectivity index (χ2v) is 4.26. The van der Waals surface area contributed by atoms with Gasteiger partial charge in [-0.1, -0.05) is 0 Å². The van der Waals surface area contributed by atoms with Gasteiger partial charge in [-0.05, 0) is 41.1 Å². The van der Waals surface area contributed by atoms with Gasteiger partial charge in [-0.15, -0.1) is 0 Å². The molecule has 0 saturated carbocycles. The molecule has 2 N–H and O–H groups in total. The highest BCUT2D eigenvalue weighted by Crippen LogP contribution is 2.25. The first-order chi connectivity index (χ1) is 7.58. The zero-order chi connectivity index (χ0) is 12.1. The molecule has 0 radical (unpaired) electrons. The number of amides is 1. The third kappa shape index (κ3) is 3.21. The molecule has 0 aliphatic heterocycles. The van der Waals surface area contributed by atoms with E-state index in [1.54, 1.807) is 32.2 Å². The van der Waals surface area contributed by atoms with Crippen LogP contribution in [0.3, 0.4) is 0 Å². The summed E-state index contributed by atoms with van der Waals surface area (Å²) >= 11 is 3.30. The number of ether oxygens (including phenoxy) is 1. The van der Waals surface area contributed by atoms with Crippen LogP contribution in [0.2, 0.25) is 0 Å². The number of halogens is 1. The normalized spacial score (nSPS) is 12.0. The first kappa shape index (κ1) is 13.0. The molecule has 1 atom stereocenters. The molecule has 0 bridgehead atoms. The highest BCUT2D eigenvalue weighted by molar-refractivity contribution is 9.10. The molecule has 16 heavy (non-hydrogen) atoms. The van der Waals surface area contributed by atoms with Crippen molar-refractivity contribution in [1.29, 1.82) is 0 Å². The van der Waals surface area contributed by atoms with E-state index in [2.05, 4.69) is 21.2 Å². The van der Waals surface area contributed by atoms with Crippen LogP contribution in [0, 0.1) is 0 Å². The lowest BCUT2D eigenvalue weighted by molar-refractivity contribution is 0.0922. The van der Waals surface area contributed by atoms with E-state index in [1.807, 2.05) is 0 Å². The van der Waals surface area contributed by atoms with Crippen LogP contribution >= 0.6 is 15.9 Å². The maximum Gasteiger partial charge on any atom is 0.251 e. The first-order valence-corrected chi connectivity index (χ1v) is 5.63. The quantitative estimate of drug-likeness (QED) is 0.884. The van der Waals surface area contributed by atoms with E-state index in [9.17, 15) is 4.79 Å². The second kappa shape index (κ2) is 5.86. The minimum Gasteiger partial charge on any atom is -0.496 e. The number of benzene rings is 1. The van der Waals surface area contributed by atoms with Crippen LogP contribution in [-0.2, 0) is 0 Å². The predicted octanol–water partition coefficient (Wildman–Crippen LogP) is 1.57. The third-order valence-electron chi connectivity index (χ3n) is 2.07. The Morgan fingerprint density at radius 1 is 1.62 bits per heavy atom. The van der Waals surface area contributed by atoms with Crippen LogP contribution in [0.5, 0.6) is 5.75 Å². The zero-order valence-electron chi connectivity index (χ0n) is 9.16. The number of aliphatic hydroxyl groups is 1. The van der Waals surface area contributed by atoms with Gasteiger partial charge < -0.3 is 15.2 Å². The van der Waals surface area contributed by atoms with Crippen molar-refractivity contribution in [3.8, 4) is 5.75 Å². The molecule has 1 aromatic rings. The van der Waals surface area contributed by atoms with Gasteiger partial charge >= 0.3 is 0 Å². The largest absolute Gasteiger partial charge is 0.496 e. The standard InChI is InChI=1S/C11H14BrNO3/c1-7(6-14)13-11(15)8-3-4-10(16-2)9(12)5-8/h3-5,7,14H,6H2,1-2H3,(H,13,15)/t7-/m0/s1. The molecule has 1 rings (SSSR count). The van der Waals surface area contributed by atoms with Crippen molar-refractivity contribution in [3.63, 3.8) is 0 Å². The van der Waals surface area contributed by atoms with E-state index in [-0.39, 0.29) is 18.6 Å². The van der Waals surface area contributed by atoms with Gasteiger partial charge in [-0.2, -0.15) is 0 Å². The summed E-state index contributed by atoms with van der Waals surface area (Å²) in [7, 11) is 1.56. The Morgan fingerprint density at radius 3 is 2.81 bits per heavy atom. The number of aliphatic hydroxyl groups excluding tert-OH is 1. The summed E-state index contributed by atoms with van der Waals surface area (Å²) in [5, 5.41) is 11.5. The van der Waals surface area contributed by atoms with E-state index < -0.39 is 0 Å². The zero-order valence-corrected chi connectivity index (χ0v) is 10.7. The molecule has 1 aromatic carbocycles. The summed E-state index contributed by atoms with van der Waals surface area (Å²) in [6.07, 6.45) is 0. The van der Waals surface area contributed by atoms with Crippen molar-refractivity contribution in [2.24, 2.45) is 0 Å². The number of carbonyl (C=O) groups is 1. The van der Waals surface area contributed by atoms with Gasteiger partial charge in [0.15, 0.2) is 0 Å². The van der Waals surface area contributed by atoms with Gasteiger partial charge in [0.25, 0.3) is 5.91 Å². The molecule has 0 heterocycles. The molecule has 0 unspecified atom stereocenters. The number of nitrogens with one attached hydrogen (secondary N) is 1. The van der Waals surface area contributed by atoms with E-state index in [0.29, 0.717) is 11.3 Å². The molecule has 0 saturated heterocycles. The number of carbonyl (C=O) groups excluding carboxylic acids is 1. The Labute approximate surface area is 103 Å². The number of rotatable bonds is 4. The topological polar surface area (TPSA) is 58.6 Å². The average molecular weight is 288 g/mol. The lowest BCUT2D eigenvalue weighted by Gasteiger charge is -2.11. The molecule has 5 heteroatoms. The van der Waals surface area contributed by atoms with Gasteiger partial charge in [0.1, 0.15) is 5.75 Å². The molecule has 1 amide bonds. The summed E-state index contributed by atoms with van der Waals surface area (Å²) in [5.41, 5.74) is 0.521. The lowest BCUT2D eigenvalue weighted by atomic mass is 10.2. The number of hydrogen-bond acceptors (Lipinski definition) is 3. The lowest BCUT2D eigenvalue weighted by Crippen LogP contribution is -2.34. The monoisotopic (exact) mass is 287 g/mol. The molecular weight excluding hydrogens is 274 g/mol. The van der Waals surface area contributed by atoms with Gasteiger partial charge in [0, 0.05) is 11.6 Å². The van der Waals surface area contributed by atoms with Crippen LogP contribution < -0.4 is 10.1 Å². The molecule has 4 nitrogen and oxygen atoms in total. The van der Waals surface area contributed by atoms with E-state index in [4.69, 9.17) is 9.84 Å². The number of hydrogen-bond donors (Lipinski definition) is 2. The minimum absolute atomic E-state index is 0.0803. The van der Waals surface area contributed by atoms with E-state index in [1.165, 1.54) is 0 Å². The van der Waals surface area contributed by atoms with Crippen molar-refractivity contribution >= 4 is 21.8 Å². The summed E-state index contributed by atoms with van der Waals surface area (Å²) in [4.78, 5) is 11.7. The van der Waals surface area contributed by atoms with Crippen molar-refractivity contribution in [3.05, 3.63) is 28.2 Å². The van der Waals surface area contributed by atoms with Gasteiger partial charge in [0.2, 0.25) is 0 Å². The summed E-state index contributed by atoms with van der Waals surface area (Å²) in [5.74, 6) is 0.455. The maximum absolute atomic E-state index is 11.7. The molecule has 88 valence electrons. The second-order valence-electron chi connectivity index (χ2n) is 3.41. The highest BCUT2D eigenvalue weighted by atomic mass is 79.9. The van der Waals surface area contributed by atoms with Gasteiger partial charge in [-0.3, -0.25) is 4.79 Å². The van der Waals surface area contributed by atoms with Crippen LogP contribution in [0.4, 0.5) is 0 Å². The van der Waals surface area contributed by atoms with Crippen molar-refractivity contribution in [1.82, 2.24) is 5.32 Å². The minimum atomic E-state index is -0.256. The van der Waals surface area contributed by atoms with Crippen LogP contribution in [0.25, 0.3) is 0 Å². The van der Waals surface area contributed by atoms with E-state index >= 15 is 0 Å². The fourth-order valence-corrected chi connectivity index (χ4v) is 1.70. The van der Waals surface area contributed by atoms with Crippen LogP contribution in [0.1, 0.15) is 17.3 Å². The van der Waals surface area contributed by atoms with E-state index in [0.717, 1.165) is 4.47 Å². The van der Waals surface area contributed by atoms with Crippen LogP contribution in [0.15, 0.2) is 22.7 Å². The molecule has 0 spiro atoms. The van der Waals surface area contributed by atoms with Gasteiger partial charge in [-0.25, -0.2) is 0 Å². The van der Waals surface area contributed by atoms with Crippen molar-refractivity contribution < 1.29 is 14.6 Å². The smallest absolute Gasteiger partial charge is 0.251 e. The average Bonchev–Trinajstić information content (AvgIpc) is 2.28. The molecule has 0 fully saturated rings. The summed E-state index contributed by atoms with van der Waals surface area (Å²) in [6.45, 7) is 1.65. The Morgan fingerprint density at radius 2 is 2.31 bits per heavy atom. The number of methoxy groups -OCH3 is 1. The molecular formula is C11H14BrNO3. The molecule has 0 aliphatic rings. The summed E-state index contributed by atoms with van der Waals surface area (Å²) in [6, 6.07) is 4.80. The molecule has 0 aliphatic carbocycles. The maximum atomic E-state index is 11.7. The SMILES string of the molecule is COc1ccc(C(=O)N[C@@H](C)CO)cc1Br. The Bertz CT molecular complexity index is 381. The van der Waals surface area contributed by atoms with Crippen molar-refractivity contribution in [2.75, 3.05) is 13.7 Å². The fourth-order valence-electron chi connectivity index (χ4n) is 1.16. The highest BCUT2D eigenvalue weighted by Gasteiger charge is 2.10. The van der Waals surface area contributed by atoms with Gasteiger partial charge in [0.05, 0.1) is 18.2 Å². The third-order valence-corrected chi connectivity index (χ3v) is 2.69. The fraction of sp³-hybridized carbons (Fsp3) is 0.364. The Kier molecular flexibility index (Phi) is 4.76.